The van der Waals surface area contributed by atoms with Crippen molar-refractivity contribution in [1.29, 1.82) is 5.26 Å². The quantitative estimate of drug-likeness (QED) is 0.839. The van der Waals surface area contributed by atoms with Crippen LogP contribution in [-0.2, 0) is 6.54 Å². The summed E-state index contributed by atoms with van der Waals surface area (Å²) < 4.78 is 0. The molecule has 1 saturated heterocycles. The average Bonchev–Trinajstić information content (AvgIpc) is 2.34. The van der Waals surface area contributed by atoms with Gasteiger partial charge in [-0.2, -0.15) is 5.26 Å². The molecule has 2 atom stereocenters. The third-order valence-electron chi connectivity index (χ3n) is 3.50. The molecule has 2 unspecified atom stereocenters. The topological polar surface area (TPSA) is 39.1 Å². The number of hydrogen-bond acceptors (Lipinski definition) is 3. The number of nitriles is 1. The SMILES string of the molecule is CC1CNCC(C)N1Cc1ccccc1C#N. The smallest absolute Gasteiger partial charge is 0.0995 e. The van der Waals surface area contributed by atoms with E-state index in [1.807, 2.05) is 18.2 Å². The van der Waals surface area contributed by atoms with Gasteiger partial charge in [-0.1, -0.05) is 18.2 Å². The van der Waals surface area contributed by atoms with Crippen LogP contribution in [0.4, 0.5) is 0 Å². The summed E-state index contributed by atoms with van der Waals surface area (Å²) in [6, 6.07) is 11.2. The summed E-state index contributed by atoms with van der Waals surface area (Å²) in [7, 11) is 0. The van der Waals surface area contributed by atoms with Crippen molar-refractivity contribution < 1.29 is 0 Å². The third-order valence-corrected chi connectivity index (χ3v) is 3.50. The van der Waals surface area contributed by atoms with Crippen molar-refractivity contribution in [2.24, 2.45) is 0 Å². The molecule has 0 radical (unpaired) electrons. The second-order valence-electron chi connectivity index (χ2n) is 4.80. The largest absolute Gasteiger partial charge is 0.314 e. The summed E-state index contributed by atoms with van der Waals surface area (Å²) in [5.41, 5.74) is 1.93. The molecule has 1 aliphatic heterocycles. The van der Waals surface area contributed by atoms with Gasteiger partial charge in [-0.15, -0.1) is 0 Å². The molecule has 0 bridgehead atoms. The third kappa shape index (κ3) is 2.66. The molecule has 0 aliphatic carbocycles. The van der Waals surface area contributed by atoms with Crippen molar-refractivity contribution in [2.75, 3.05) is 13.1 Å². The molecule has 3 nitrogen and oxygen atoms in total. The van der Waals surface area contributed by atoms with E-state index in [1.165, 1.54) is 0 Å². The van der Waals surface area contributed by atoms with Gasteiger partial charge in [0.15, 0.2) is 0 Å². The first-order valence-electron chi connectivity index (χ1n) is 6.17. The van der Waals surface area contributed by atoms with Gasteiger partial charge in [0, 0.05) is 31.7 Å². The summed E-state index contributed by atoms with van der Waals surface area (Å²) in [6.45, 7) is 7.39. The zero-order chi connectivity index (χ0) is 12.3. The van der Waals surface area contributed by atoms with Gasteiger partial charge in [-0.3, -0.25) is 4.90 Å². The molecule has 0 saturated carbocycles. The molecule has 17 heavy (non-hydrogen) atoms. The highest BCUT2D eigenvalue weighted by molar-refractivity contribution is 5.37. The van der Waals surface area contributed by atoms with Crippen LogP contribution in [0.15, 0.2) is 24.3 Å². The maximum Gasteiger partial charge on any atom is 0.0995 e. The zero-order valence-corrected chi connectivity index (χ0v) is 10.5. The van der Waals surface area contributed by atoms with E-state index in [4.69, 9.17) is 5.26 Å². The van der Waals surface area contributed by atoms with Crippen LogP contribution in [0.25, 0.3) is 0 Å². The number of hydrogen-bond donors (Lipinski definition) is 1. The van der Waals surface area contributed by atoms with Crippen molar-refractivity contribution in [3.63, 3.8) is 0 Å². The van der Waals surface area contributed by atoms with E-state index < -0.39 is 0 Å². The van der Waals surface area contributed by atoms with Crippen LogP contribution in [0.3, 0.4) is 0 Å². The molecule has 1 aromatic rings. The second-order valence-corrected chi connectivity index (χ2v) is 4.80. The lowest BCUT2D eigenvalue weighted by Gasteiger charge is -2.39. The monoisotopic (exact) mass is 229 g/mol. The standard InChI is InChI=1S/C14H19N3/c1-11-8-16-9-12(2)17(11)10-14-6-4-3-5-13(14)7-15/h3-6,11-12,16H,8-10H2,1-2H3. The maximum absolute atomic E-state index is 9.10. The number of benzene rings is 1. The lowest BCUT2D eigenvalue weighted by atomic mass is 10.0. The van der Waals surface area contributed by atoms with Gasteiger partial charge in [0.25, 0.3) is 0 Å². The van der Waals surface area contributed by atoms with Gasteiger partial charge >= 0.3 is 0 Å². The minimum Gasteiger partial charge on any atom is -0.314 e. The Hall–Kier alpha value is -1.37. The molecule has 0 amide bonds. The van der Waals surface area contributed by atoms with Crippen LogP contribution >= 0.6 is 0 Å². The number of nitrogens with one attached hydrogen (secondary N) is 1. The molecule has 1 N–H and O–H groups in total. The molecular weight excluding hydrogens is 210 g/mol. The molecule has 1 aliphatic rings. The zero-order valence-electron chi connectivity index (χ0n) is 10.5. The number of nitrogens with zero attached hydrogens (tertiary/aromatic N) is 2. The van der Waals surface area contributed by atoms with E-state index in [1.54, 1.807) is 0 Å². The highest BCUT2D eigenvalue weighted by Crippen LogP contribution is 2.17. The summed E-state index contributed by atoms with van der Waals surface area (Å²) in [4.78, 5) is 2.46. The van der Waals surface area contributed by atoms with E-state index in [0.717, 1.165) is 30.8 Å². The van der Waals surface area contributed by atoms with E-state index >= 15 is 0 Å². The van der Waals surface area contributed by atoms with Gasteiger partial charge in [0.1, 0.15) is 0 Å². The number of rotatable bonds is 2. The summed E-state index contributed by atoms with van der Waals surface area (Å²) in [6.07, 6.45) is 0. The highest BCUT2D eigenvalue weighted by atomic mass is 15.2. The minimum absolute atomic E-state index is 0.519. The van der Waals surface area contributed by atoms with Gasteiger partial charge in [-0.25, -0.2) is 0 Å². The Morgan fingerprint density at radius 1 is 1.29 bits per heavy atom. The molecule has 3 heteroatoms. The Morgan fingerprint density at radius 2 is 1.94 bits per heavy atom. The number of piperazine rings is 1. The van der Waals surface area contributed by atoms with Gasteiger partial charge in [0.05, 0.1) is 11.6 Å². The van der Waals surface area contributed by atoms with Gasteiger partial charge in [-0.05, 0) is 25.5 Å². The lowest BCUT2D eigenvalue weighted by Crippen LogP contribution is -2.54. The Labute approximate surface area is 103 Å². The predicted octanol–water partition coefficient (Wildman–Crippen LogP) is 1.74. The van der Waals surface area contributed by atoms with Crippen LogP contribution in [0.2, 0.25) is 0 Å². The molecule has 1 heterocycles. The van der Waals surface area contributed by atoms with Crippen molar-refractivity contribution in [1.82, 2.24) is 10.2 Å². The van der Waals surface area contributed by atoms with Crippen LogP contribution in [-0.4, -0.2) is 30.1 Å². The molecule has 2 rings (SSSR count). The molecule has 1 fully saturated rings. The van der Waals surface area contributed by atoms with E-state index in [-0.39, 0.29) is 0 Å². The van der Waals surface area contributed by atoms with Crippen LogP contribution < -0.4 is 5.32 Å². The Bertz CT molecular complexity index is 412. The summed E-state index contributed by atoms with van der Waals surface area (Å²) in [5, 5.41) is 12.5. The van der Waals surface area contributed by atoms with Gasteiger partial charge in [0.2, 0.25) is 0 Å². The van der Waals surface area contributed by atoms with Crippen LogP contribution in [0.1, 0.15) is 25.0 Å². The fourth-order valence-corrected chi connectivity index (χ4v) is 2.45. The highest BCUT2D eigenvalue weighted by Gasteiger charge is 2.24. The van der Waals surface area contributed by atoms with Gasteiger partial charge < -0.3 is 5.32 Å². The van der Waals surface area contributed by atoms with Crippen LogP contribution in [0, 0.1) is 11.3 Å². The summed E-state index contributed by atoms with van der Waals surface area (Å²) >= 11 is 0. The molecule has 90 valence electrons. The first-order chi connectivity index (χ1) is 8.22. The maximum atomic E-state index is 9.10. The second kappa shape index (κ2) is 5.31. The first kappa shape index (κ1) is 12.1. The predicted molar refractivity (Wildman–Crippen MR) is 68.5 cm³/mol. The van der Waals surface area contributed by atoms with Crippen molar-refractivity contribution in [3.8, 4) is 6.07 Å². The Balaban J connectivity index is 2.17. The molecule has 1 aromatic carbocycles. The van der Waals surface area contributed by atoms with E-state index in [0.29, 0.717) is 12.1 Å². The fourth-order valence-electron chi connectivity index (χ4n) is 2.45. The van der Waals surface area contributed by atoms with Crippen LogP contribution in [0.5, 0.6) is 0 Å². The molecule has 0 spiro atoms. The molecule has 0 aromatic heterocycles. The fraction of sp³-hybridized carbons (Fsp3) is 0.500. The Morgan fingerprint density at radius 3 is 2.59 bits per heavy atom. The minimum atomic E-state index is 0.519. The normalized spacial score (nSPS) is 25.5. The van der Waals surface area contributed by atoms with E-state index in [9.17, 15) is 0 Å². The Kier molecular flexibility index (Phi) is 3.78. The summed E-state index contributed by atoms with van der Waals surface area (Å²) in [5.74, 6) is 0. The van der Waals surface area contributed by atoms with Crippen molar-refractivity contribution in [3.05, 3.63) is 35.4 Å². The van der Waals surface area contributed by atoms with Crippen molar-refractivity contribution >= 4 is 0 Å². The average molecular weight is 229 g/mol. The van der Waals surface area contributed by atoms with Crippen molar-refractivity contribution in [2.45, 2.75) is 32.5 Å². The molecular formula is C14H19N3. The van der Waals surface area contributed by atoms with E-state index in [2.05, 4.69) is 36.2 Å². The first-order valence-corrected chi connectivity index (χ1v) is 6.17. The lowest BCUT2D eigenvalue weighted by molar-refractivity contribution is 0.108.